The van der Waals surface area contributed by atoms with E-state index in [2.05, 4.69) is 11.9 Å². The third-order valence-corrected chi connectivity index (χ3v) is 1.91. The molecular formula is C10H16N2O3. The summed E-state index contributed by atoms with van der Waals surface area (Å²) in [5.41, 5.74) is 5.60. The molecule has 1 rings (SSSR count). The highest BCUT2D eigenvalue weighted by Gasteiger charge is 2.18. The van der Waals surface area contributed by atoms with E-state index < -0.39 is 5.97 Å². The highest BCUT2D eigenvalue weighted by atomic mass is 16.5. The number of ether oxygens (including phenoxy) is 1. The summed E-state index contributed by atoms with van der Waals surface area (Å²) in [6.45, 7) is 4.10. The van der Waals surface area contributed by atoms with Gasteiger partial charge in [-0.15, -0.1) is 0 Å². The van der Waals surface area contributed by atoms with Crippen molar-refractivity contribution in [3.05, 3.63) is 11.6 Å². The van der Waals surface area contributed by atoms with Gasteiger partial charge in [0.1, 0.15) is 0 Å². The van der Waals surface area contributed by atoms with Crippen LogP contribution in [0.3, 0.4) is 0 Å². The number of nitrogens with two attached hydrogens (primary N) is 1. The van der Waals surface area contributed by atoms with Crippen molar-refractivity contribution in [2.24, 2.45) is 0 Å². The fourth-order valence-corrected chi connectivity index (χ4v) is 1.16. The van der Waals surface area contributed by atoms with Gasteiger partial charge in [-0.25, -0.2) is 9.78 Å². The summed E-state index contributed by atoms with van der Waals surface area (Å²) < 4.78 is 9.94. The molecule has 0 atom stereocenters. The Morgan fingerprint density at radius 3 is 2.87 bits per heavy atom. The highest BCUT2D eigenvalue weighted by molar-refractivity contribution is 5.91. The van der Waals surface area contributed by atoms with Crippen molar-refractivity contribution in [1.29, 1.82) is 0 Å². The molecule has 0 spiro atoms. The Kier molecular flexibility index (Phi) is 4.15. The number of nitrogen functional groups attached to an aromatic ring is 1. The van der Waals surface area contributed by atoms with E-state index in [1.165, 1.54) is 0 Å². The van der Waals surface area contributed by atoms with Gasteiger partial charge in [0.05, 0.1) is 6.61 Å². The van der Waals surface area contributed by atoms with Gasteiger partial charge in [0, 0.05) is 6.42 Å². The topological polar surface area (TPSA) is 78.3 Å². The third kappa shape index (κ3) is 2.97. The zero-order chi connectivity index (χ0) is 11.3. The van der Waals surface area contributed by atoms with Crippen LogP contribution in [-0.4, -0.2) is 17.6 Å². The normalized spacial score (nSPS) is 10.3. The number of hydrogen-bond acceptors (Lipinski definition) is 5. The van der Waals surface area contributed by atoms with Crippen molar-refractivity contribution < 1.29 is 13.9 Å². The fourth-order valence-electron chi connectivity index (χ4n) is 1.16. The summed E-state index contributed by atoms with van der Waals surface area (Å²) >= 11 is 0. The number of esters is 1. The molecule has 0 amide bonds. The average molecular weight is 212 g/mol. The molecule has 0 aliphatic heterocycles. The monoisotopic (exact) mass is 212 g/mol. The first-order valence-corrected chi connectivity index (χ1v) is 5.11. The van der Waals surface area contributed by atoms with E-state index in [4.69, 9.17) is 14.9 Å². The predicted octanol–water partition coefficient (Wildman–Crippen LogP) is 1.78. The number of hydrogen-bond donors (Lipinski definition) is 1. The maximum Gasteiger partial charge on any atom is 0.362 e. The van der Waals surface area contributed by atoms with Crippen LogP contribution in [0.25, 0.3) is 0 Å². The van der Waals surface area contributed by atoms with Crippen molar-refractivity contribution in [3.63, 3.8) is 0 Å². The van der Waals surface area contributed by atoms with E-state index in [0.29, 0.717) is 18.9 Å². The summed E-state index contributed by atoms with van der Waals surface area (Å²) in [6.07, 6.45) is 2.69. The molecule has 0 radical (unpaired) electrons. The lowest BCUT2D eigenvalue weighted by Crippen LogP contribution is -2.07. The largest absolute Gasteiger partial charge is 0.461 e. The zero-order valence-corrected chi connectivity index (χ0v) is 9.08. The second-order valence-corrected chi connectivity index (χ2v) is 3.14. The third-order valence-electron chi connectivity index (χ3n) is 1.91. The van der Waals surface area contributed by atoms with Gasteiger partial charge in [-0.05, 0) is 13.3 Å². The molecule has 0 bridgehead atoms. The Hall–Kier alpha value is -1.52. The molecule has 0 aliphatic carbocycles. The van der Waals surface area contributed by atoms with Crippen LogP contribution in [0.4, 0.5) is 5.88 Å². The molecule has 5 heteroatoms. The van der Waals surface area contributed by atoms with Crippen LogP contribution in [-0.2, 0) is 11.2 Å². The van der Waals surface area contributed by atoms with Crippen LogP contribution < -0.4 is 5.73 Å². The second kappa shape index (κ2) is 5.38. The molecule has 0 saturated carbocycles. The van der Waals surface area contributed by atoms with Crippen molar-refractivity contribution in [1.82, 2.24) is 4.98 Å². The Bertz CT molecular complexity index is 333. The Morgan fingerprint density at radius 1 is 1.53 bits per heavy atom. The zero-order valence-electron chi connectivity index (χ0n) is 9.08. The smallest absolute Gasteiger partial charge is 0.362 e. The summed E-state index contributed by atoms with van der Waals surface area (Å²) in [4.78, 5) is 15.3. The maximum absolute atomic E-state index is 11.3. The fraction of sp³-hybridized carbons (Fsp3) is 0.600. The molecule has 2 N–H and O–H groups in total. The molecule has 1 aromatic heterocycles. The molecule has 0 aliphatic rings. The van der Waals surface area contributed by atoms with Crippen LogP contribution in [0.2, 0.25) is 0 Å². The van der Waals surface area contributed by atoms with Gasteiger partial charge in [-0.2, -0.15) is 0 Å². The standard InChI is InChI=1S/C10H16N2O3/c1-3-5-6-7-12-8(9(11)15-7)10(13)14-4-2/h3-6,11H2,1-2H3. The molecule has 84 valence electrons. The van der Waals surface area contributed by atoms with Gasteiger partial charge in [0.2, 0.25) is 11.6 Å². The average Bonchev–Trinajstić information content (AvgIpc) is 2.57. The van der Waals surface area contributed by atoms with Gasteiger partial charge < -0.3 is 14.9 Å². The van der Waals surface area contributed by atoms with E-state index in [1.807, 2.05) is 0 Å². The van der Waals surface area contributed by atoms with E-state index in [9.17, 15) is 4.79 Å². The number of nitrogens with zero attached hydrogens (tertiary/aromatic N) is 1. The van der Waals surface area contributed by atoms with E-state index in [-0.39, 0.29) is 11.6 Å². The molecule has 0 unspecified atom stereocenters. The van der Waals surface area contributed by atoms with E-state index >= 15 is 0 Å². The minimum Gasteiger partial charge on any atom is -0.461 e. The Morgan fingerprint density at radius 2 is 2.27 bits per heavy atom. The number of unbranched alkanes of at least 4 members (excludes halogenated alkanes) is 1. The van der Waals surface area contributed by atoms with Crippen molar-refractivity contribution in [3.8, 4) is 0 Å². The summed E-state index contributed by atoms with van der Waals surface area (Å²) in [5.74, 6) is 0.0125. The van der Waals surface area contributed by atoms with Crippen LogP contribution in [0.1, 0.15) is 43.1 Å². The highest BCUT2D eigenvalue weighted by Crippen LogP contribution is 2.16. The quantitative estimate of drug-likeness (QED) is 0.752. The molecular weight excluding hydrogens is 196 g/mol. The second-order valence-electron chi connectivity index (χ2n) is 3.14. The van der Waals surface area contributed by atoms with Crippen LogP contribution >= 0.6 is 0 Å². The molecule has 0 aromatic carbocycles. The van der Waals surface area contributed by atoms with Crippen molar-refractivity contribution in [2.75, 3.05) is 12.3 Å². The van der Waals surface area contributed by atoms with Crippen LogP contribution in [0.15, 0.2) is 4.42 Å². The first-order chi connectivity index (χ1) is 7.19. The summed E-state index contributed by atoms with van der Waals surface area (Å²) in [6, 6.07) is 0. The first-order valence-electron chi connectivity index (χ1n) is 5.11. The number of carbonyl (C=O) groups excluding carboxylic acids is 1. The lowest BCUT2D eigenvalue weighted by molar-refractivity contribution is 0.0521. The lowest BCUT2D eigenvalue weighted by Gasteiger charge is -1.96. The van der Waals surface area contributed by atoms with E-state index in [0.717, 1.165) is 12.8 Å². The Balaban J connectivity index is 2.72. The maximum atomic E-state index is 11.3. The first kappa shape index (κ1) is 11.6. The number of rotatable bonds is 5. The summed E-state index contributed by atoms with van der Waals surface area (Å²) in [7, 11) is 0. The van der Waals surface area contributed by atoms with Gasteiger partial charge in [0.15, 0.2) is 5.89 Å². The number of aryl methyl sites for hydroxylation is 1. The SMILES string of the molecule is CCCCc1nc(C(=O)OCC)c(N)o1. The number of carbonyl (C=O) groups is 1. The van der Waals surface area contributed by atoms with Gasteiger partial charge >= 0.3 is 5.97 Å². The number of anilines is 1. The van der Waals surface area contributed by atoms with Gasteiger partial charge in [-0.1, -0.05) is 13.3 Å². The summed E-state index contributed by atoms with van der Waals surface area (Å²) in [5, 5.41) is 0. The van der Waals surface area contributed by atoms with Crippen LogP contribution in [0.5, 0.6) is 0 Å². The van der Waals surface area contributed by atoms with E-state index in [1.54, 1.807) is 6.92 Å². The molecule has 15 heavy (non-hydrogen) atoms. The molecule has 1 aromatic rings. The van der Waals surface area contributed by atoms with Gasteiger partial charge in [0.25, 0.3) is 0 Å². The molecule has 1 heterocycles. The van der Waals surface area contributed by atoms with Gasteiger partial charge in [-0.3, -0.25) is 0 Å². The minimum atomic E-state index is -0.526. The van der Waals surface area contributed by atoms with Crippen LogP contribution in [0, 0.1) is 0 Å². The molecule has 5 nitrogen and oxygen atoms in total. The predicted molar refractivity (Wildman–Crippen MR) is 55.5 cm³/mol. The minimum absolute atomic E-state index is 0.0413. The number of aromatic nitrogens is 1. The molecule has 0 saturated heterocycles. The molecule has 0 fully saturated rings. The number of oxazole rings is 1. The van der Waals surface area contributed by atoms with Crippen molar-refractivity contribution >= 4 is 11.9 Å². The lowest BCUT2D eigenvalue weighted by atomic mass is 10.2. The van der Waals surface area contributed by atoms with Crippen molar-refractivity contribution in [2.45, 2.75) is 33.1 Å². The Labute approximate surface area is 88.6 Å².